The van der Waals surface area contributed by atoms with Crippen molar-refractivity contribution >= 4 is 47.5 Å². The highest BCUT2D eigenvalue weighted by atomic mass is 35.5. The van der Waals surface area contributed by atoms with Gasteiger partial charge in [-0.1, -0.05) is 29.3 Å². The van der Waals surface area contributed by atoms with Crippen LogP contribution in [0.2, 0.25) is 10.0 Å². The van der Waals surface area contributed by atoms with E-state index in [0.29, 0.717) is 23.0 Å². The topological polar surface area (TPSA) is 98.0 Å². The second-order valence-electron chi connectivity index (χ2n) is 3.54. The Labute approximate surface area is 133 Å². The maximum atomic E-state index is 5.91. The molecular weight excluding hydrogens is 325 g/mol. The summed E-state index contributed by atoms with van der Waals surface area (Å²) in [5.41, 5.74) is 14.3. The van der Waals surface area contributed by atoms with Gasteiger partial charge in [0, 0.05) is 6.54 Å². The smallest absolute Gasteiger partial charge is 0.221 e. The molecule has 5 N–H and O–H groups in total. The van der Waals surface area contributed by atoms with Gasteiger partial charge in [0.25, 0.3) is 0 Å². The molecule has 1 rings (SSSR count). The molecule has 112 valence electrons. The SMILES string of the molecule is CONC(N)=NC(N)=NCCc1ccc(Cl)c(Cl)c1.Cl. The molecular formula is C11H16Cl3N5O. The highest BCUT2D eigenvalue weighted by Gasteiger charge is 1.99. The van der Waals surface area contributed by atoms with Crippen LogP contribution in [-0.2, 0) is 11.3 Å². The fourth-order valence-electron chi connectivity index (χ4n) is 1.28. The lowest BCUT2D eigenvalue weighted by Crippen LogP contribution is -2.32. The number of guanidine groups is 2. The van der Waals surface area contributed by atoms with E-state index in [1.807, 2.05) is 6.07 Å². The predicted molar refractivity (Wildman–Crippen MR) is 85.7 cm³/mol. The van der Waals surface area contributed by atoms with Crippen LogP contribution in [0.4, 0.5) is 0 Å². The Morgan fingerprint density at radius 2 is 2.00 bits per heavy atom. The molecule has 0 fully saturated rings. The highest BCUT2D eigenvalue weighted by Crippen LogP contribution is 2.22. The van der Waals surface area contributed by atoms with Crippen molar-refractivity contribution in [1.29, 1.82) is 0 Å². The molecule has 0 saturated carbocycles. The monoisotopic (exact) mass is 339 g/mol. The number of benzene rings is 1. The van der Waals surface area contributed by atoms with Gasteiger partial charge in [-0.25, -0.2) is 5.48 Å². The second kappa shape index (κ2) is 9.66. The van der Waals surface area contributed by atoms with E-state index in [2.05, 4.69) is 20.3 Å². The van der Waals surface area contributed by atoms with Crippen molar-refractivity contribution in [3.63, 3.8) is 0 Å². The molecule has 0 bridgehead atoms. The van der Waals surface area contributed by atoms with Crippen LogP contribution in [0.25, 0.3) is 0 Å². The van der Waals surface area contributed by atoms with Crippen LogP contribution in [0.1, 0.15) is 5.56 Å². The van der Waals surface area contributed by atoms with E-state index in [9.17, 15) is 0 Å². The maximum Gasteiger partial charge on any atom is 0.221 e. The number of nitrogens with two attached hydrogens (primary N) is 2. The Morgan fingerprint density at radius 3 is 2.60 bits per heavy atom. The first-order valence-corrected chi connectivity index (χ1v) is 6.15. The van der Waals surface area contributed by atoms with Crippen LogP contribution in [0.5, 0.6) is 0 Å². The molecule has 6 nitrogen and oxygen atoms in total. The van der Waals surface area contributed by atoms with Crippen LogP contribution in [0.3, 0.4) is 0 Å². The molecule has 0 atom stereocenters. The largest absolute Gasteiger partial charge is 0.368 e. The van der Waals surface area contributed by atoms with Crippen molar-refractivity contribution in [2.45, 2.75) is 6.42 Å². The summed E-state index contributed by atoms with van der Waals surface area (Å²) in [6.07, 6.45) is 0.671. The minimum Gasteiger partial charge on any atom is -0.368 e. The Hall–Kier alpha value is -1.21. The normalized spacial score (nSPS) is 11.9. The zero-order chi connectivity index (χ0) is 14.3. The van der Waals surface area contributed by atoms with E-state index >= 15 is 0 Å². The Kier molecular flexibility index (Phi) is 9.07. The number of hydrogen-bond donors (Lipinski definition) is 3. The lowest BCUT2D eigenvalue weighted by atomic mass is 10.1. The fourth-order valence-corrected chi connectivity index (χ4v) is 1.60. The zero-order valence-corrected chi connectivity index (χ0v) is 13.1. The summed E-state index contributed by atoms with van der Waals surface area (Å²) in [7, 11) is 1.42. The van der Waals surface area contributed by atoms with Gasteiger partial charge in [-0.3, -0.25) is 9.83 Å². The van der Waals surface area contributed by atoms with E-state index in [-0.39, 0.29) is 24.3 Å². The number of hydrogen-bond acceptors (Lipinski definition) is 2. The first kappa shape index (κ1) is 18.8. The van der Waals surface area contributed by atoms with E-state index < -0.39 is 0 Å². The summed E-state index contributed by atoms with van der Waals surface area (Å²) >= 11 is 11.7. The Bertz CT molecular complexity index is 493. The Morgan fingerprint density at radius 1 is 1.30 bits per heavy atom. The summed E-state index contributed by atoms with van der Waals surface area (Å²) in [6.45, 7) is 0.466. The lowest BCUT2D eigenvalue weighted by Gasteiger charge is -2.02. The summed E-state index contributed by atoms with van der Waals surface area (Å²) in [6, 6.07) is 5.41. The molecule has 0 amide bonds. The first-order chi connectivity index (χ1) is 9.02. The molecule has 0 spiro atoms. The van der Waals surface area contributed by atoms with Gasteiger partial charge >= 0.3 is 0 Å². The molecule has 0 heterocycles. The molecule has 9 heteroatoms. The number of nitrogens with zero attached hydrogens (tertiary/aromatic N) is 2. The van der Waals surface area contributed by atoms with Crippen molar-refractivity contribution in [2.24, 2.45) is 21.5 Å². The maximum absolute atomic E-state index is 5.91. The van der Waals surface area contributed by atoms with Gasteiger partial charge in [-0.2, -0.15) is 4.99 Å². The number of nitrogens with one attached hydrogen (secondary N) is 1. The van der Waals surface area contributed by atoms with E-state index in [0.717, 1.165) is 5.56 Å². The third-order valence-corrected chi connectivity index (χ3v) is 2.84. The standard InChI is InChI=1S/C11H15Cl2N5O.ClH/c1-19-18-11(15)17-10(14)16-5-4-7-2-3-8(12)9(13)6-7;/h2-3,6H,4-5H2,1H3,(H5,14,15,16,17,18);1H. The van der Waals surface area contributed by atoms with Gasteiger partial charge < -0.3 is 11.5 Å². The summed E-state index contributed by atoms with van der Waals surface area (Å²) in [5, 5.41) is 1.04. The molecule has 0 aromatic heterocycles. The number of halogens is 3. The van der Waals surface area contributed by atoms with Gasteiger partial charge in [-0.15, -0.1) is 12.4 Å². The van der Waals surface area contributed by atoms with Gasteiger partial charge in [0.15, 0.2) is 0 Å². The minimum absolute atomic E-state index is 0. The molecule has 20 heavy (non-hydrogen) atoms. The van der Waals surface area contributed by atoms with E-state index in [1.54, 1.807) is 12.1 Å². The van der Waals surface area contributed by atoms with Crippen molar-refractivity contribution in [3.8, 4) is 0 Å². The van der Waals surface area contributed by atoms with Crippen LogP contribution in [0.15, 0.2) is 28.2 Å². The summed E-state index contributed by atoms with van der Waals surface area (Å²) in [4.78, 5) is 12.4. The van der Waals surface area contributed by atoms with Crippen LogP contribution >= 0.6 is 35.6 Å². The molecule has 0 aliphatic rings. The molecule has 1 aromatic carbocycles. The second-order valence-corrected chi connectivity index (χ2v) is 4.36. The molecule has 0 unspecified atom stereocenters. The van der Waals surface area contributed by atoms with E-state index in [4.69, 9.17) is 34.7 Å². The van der Waals surface area contributed by atoms with Crippen LogP contribution < -0.4 is 16.9 Å². The molecule has 0 aliphatic carbocycles. The average molecular weight is 341 g/mol. The zero-order valence-electron chi connectivity index (χ0n) is 10.8. The highest BCUT2D eigenvalue weighted by molar-refractivity contribution is 6.42. The van der Waals surface area contributed by atoms with Crippen LogP contribution in [0, 0.1) is 0 Å². The molecule has 0 radical (unpaired) electrons. The number of aliphatic imine (C=N–C) groups is 2. The molecule has 0 aliphatic heterocycles. The van der Waals surface area contributed by atoms with Crippen molar-refractivity contribution in [1.82, 2.24) is 5.48 Å². The third-order valence-electron chi connectivity index (χ3n) is 2.10. The summed E-state index contributed by atoms with van der Waals surface area (Å²) in [5.74, 6) is 0.111. The quantitative estimate of drug-likeness (QED) is 0.442. The molecule has 1 aromatic rings. The third kappa shape index (κ3) is 6.81. The van der Waals surface area contributed by atoms with Crippen LogP contribution in [-0.4, -0.2) is 25.6 Å². The summed E-state index contributed by atoms with van der Waals surface area (Å²) < 4.78 is 0. The lowest BCUT2D eigenvalue weighted by molar-refractivity contribution is 0.143. The van der Waals surface area contributed by atoms with Crippen molar-refractivity contribution in [3.05, 3.63) is 33.8 Å². The Balaban J connectivity index is 0.00000361. The fraction of sp³-hybridized carbons (Fsp3) is 0.273. The number of hydroxylamine groups is 1. The van der Waals surface area contributed by atoms with Crippen molar-refractivity contribution in [2.75, 3.05) is 13.7 Å². The predicted octanol–water partition coefficient (Wildman–Crippen LogP) is 1.74. The van der Waals surface area contributed by atoms with Crippen molar-refractivity contribution < 1.29 is 4.84 Å². The average Bonchev–Trinajstić information content (AvgIpc) is 2.34. The van der Waals surface area contributed by atoms with Gasteiger partial charge in [0.2, 0.25) is 11.9 Å². The minimum atomic E-state index is 0. The van der Waals surface area contributed by atoms with Gasteiger partial charge in [0.1, 0.15) is 0 Å². The van der Waals surface area contributed by atoms with Gasteiger partial charge in [-0.05, 0) is 24.1 Å². The van der Waals surface area contributed by atoms with E-state index in [1.165, 1.54) is 7.11 Å². The number of rotatable bonds is 4. The first-order valence-electron chi connectivity index (χ1n) is 5.40. The van der Waals surface area contributed by atoms with Gasteiger partial charge in [0.05, 0.1) is 17.2 Å². The molecule has 0 saturated heterocycles.